The number of benzene rings is 2. The zero-order valence-corrected chi connectivity index (χ0v) is 9.78. The SMILES string of the molecule is Nc1ccccc1C(=O)Oc1ccccc1[N+](=O)[O-]. The van der Waals surface area contributed by atoms with Gasteiger partial charge in [0.05, 0.1) is 10.5 Å². The number of carbonyl (C=O) groups excluding carboxylic acids is 1. The van der Waals surface area contributed by atoms with E-state index in [1.54, 1.807) is 24.3 Å². The van der Waals surface area contributed by atoms with E-state index in [-0.39, 0.29) is 22.7 Å². The number of nitro benzene ring substituents is 1. The molecule has 0 aliphatic heterocycles. The molecule has 0 bridgehead atoms. The standard InChI is InChI=1S/C13H10N2O4/c14-10-6-2-1-5-9(10)13(16)19-12-8-4-3-7-11(12)15(17)18/h1-8H,14H2. The van der Waals surface area contributed by atoms with Crippen LogP contribution in [0, 0.1) is 10.1 Å². The molecule has 0 atom stereocenters. The molecule has 2 aromatic rings. The van der Waals surface area contributed by atoms with Gasteiger partial charge in [-0.15, -0.1) is 0 Å². The van der Waals surface area contributed by atoms with Crippen LogP contribution < -0.4 is 10.5 Å². The maximum Gasteiger partial charge on any atom is 0.345 e. The summed E-state index contributed by atoms with van der Waals surface area (Å²) in [6.45, 7) is 0. The summed E-state index contributed by atoms with van der Waals surface area (Å²) in [5, 5.41) is 10.8. The Morgan fingerprint density at radius 1 is 1.11 bits per heavy atom. The first kappa shape index (κ1) is 12.6. The lowest BCUT2D eigenvalue weighted by Crippen LogP contribution is -2.11. The monoisotopic (exact) mass is 258 g/mol. The Morgan fingerprint density at radius 2 is 1.74 bits per heavy atom. The van der Waals surface area contributed by atoms with Crippen molar-refractivity contribution in [2.75, 3.05) is 5.73 Å². The molecular formula is C13H10N2O4. The lowest BCUT2D eigenvalue weighted by atomic mass is 10.2. The number of nitrogens with zero attached hydrogens (tertiary/aromatic N) is 1. The van der Waals surface area contributed by atoms with E-state index in [0.29, 0.717) is 0 Å². The number of nitro groups is 1. The molecule has 0 saturated carbocycles. The molecule has 0 radical (unpaired) electrons. The lowest BCUT2D eigenvalue weighted by Gasteiger charge is -2.06. The largest absolute Gasteiger partial charge is 0.415 e. The highest BCUT2D eigenvalue weighted by atomic mass is 16.6. The zero-order chi connectivity index (χ0) is 13.8. The van der Waals surface area contributed by atoms with Crippen LogP contribution in [-0.2, 0) is 0 Å². The summed E-state index contributed by atoms with van der Waals surface area (Å²) in [5.41, 5.74) is 5.79. The van der Waals surface area contributed by atoms with E-state index in [1.165, 1.54) is 24.3 Å². The Labute approximate surface area is 108 Å². The van der Waals surface area contributed by atoms with E-state index < -0.39 is 10.9 Å². The minimum atomic E-state index is -0.729. The summed E-state index contributed by atoms with van der Waals surface area (Å²) >= 11 is 0. The number of hydrogen-bond donors (Lipinski definition) is 1. The van der Waals surface area contributed by atoms with Crippen LogP contribution in [0.4, 0.5) is 11.4 Å². The molecule has 0 aliphatic rings. The highest BCUT2D eigenvalue weighted by Crippen LogP contribution is 2.27. The van der Waals surface area contributed by atoms with Gasteiger partial charge in [-0.1, -0.05) is 24.3 Å². The number of para-hydroxylation sites is 3. The Morgan fingerprint density at radius 3 is 2.42 bits per heavy atom. The van der Waals surface area contributed by atoms with Crippen molar-refractivity contribution in [3.63, 3.8) is 0 Å². The van der Waals surface area contributed by atoms with Gasteiger partial charge in [-0.05, 0) is 18.2 Å². The van der Waals surface area contributed by atoms with Gasteiger partial charge in [0.15, 0.2) is 0 Å². The molecule has 0 unspecified atom stereocenters. The maximum absolute atomic E-state index is 11.9. The van der Waals surface area contributed by atoms with Crippen LogP contribution in [0.3, 0.4) is 0 Å². The summed E-state index contributed by atoms with van der Waals surface area (Å²) in [6.07, 6.45) is 0. The van der Waals surface area contributed by atoms with E-state index in [4.69, 9.17) is 10.5 Å². The molecule has 6 nitrogen and oxygen atoms in total. The predicted octanol–water partition coefficient (Wildman–Crippen LogP) is 2.40. The third-order valence-corrected chi connectivity index (χ3v) is 2.45. The molecule has 0 spiro atoms. The van der Waals surface area contributed by atoms with Crippen LogP contribution in [0.5, 0.6) is 5.75 Å². The van der Waals surface area contributed by atoms with Crippen molar-refractivity contribution in [2.45, 2.75) is 0 Å². The quantitative estimate of drug-likeness (QED) is 0.300. The van der Waals surface area contributed by atoms with Crippen molar-refractivity contribution in [3.05, 3.63) is 64.2 Å². The van der Waals surface area contributed by atoms with Gasteiger partial charge in [0.2, 0.25) is 5.75 Å². The Bertz CT molecular complexity index is 640. The molecule has 19 heavy (non-hydrogen) atoms. The van der Waals surface area contributed by atoms with Crippen LogP contribution >= 0.6 is 0 Å². The smallest absolute Gasteiger partial charge is 0.345 e. The normalized spacial score (nSPS) is 9.89. The third kappa shape index (κ3) is 2.68. The van der Waals surface area contributed by atoms with Crippen molar-refractivity contribution in [2.24, 2.45) is 0 Å². The average molecular weight is 258 g/mol. The van der Waals surface area contributed by atoms with E-state index in [0.717, 1.165) is 0 Å². The second kappa shape index (κ2) is 5.18. The Balaban J connectivity index is 2.30. The molecule has 0 fully saturated rings. The van der Waals surface area contributed by atoms with Gasteiger partial charge >= 0.3 is 11.7 Å². The van der Waals surface area contributed by atoms with E-state index in [1.807, 2.05) is 0 Å². The zero-order valence-electron chi connectivity index (χ0n) is 9.78. The van der Waals surface area contributed by atoms with Gasteiger partial charge in [-0.2, -0.15) is 0 Å². The highest BCUT2D eigenvalue weighted by Gasteiger charge is 2.19. The maximum atomic E-state index is 11.9. The minimum absolute atomic E-state index is 0.110. The van der Waals surface area contributed by atoms with Crippen LogP contribution in [0.1, 0.15) is 10.4 Å². The van der Waals surface area contributed by atoms with Gasteiger partial charge in [0.25, 0.3) is 0 Å². The molecular weight excluding hydrogens is 248 g/mol. The van der Waals surface area contributed by atoms with E-state index in [2.05, 4.69) is 0 Å². The van der Waals surface area contributed by atoms with Gasteiger partial charge in [0.1, 0.15) is 0 Å². The summed E-state index contributed by atoms with van der Waals surface area (Å²) in [7, 11) is 0. The predicted molar refractivity (Wildman–Crippen MR) is 68.9 cm³/mol. The van der Waals surface area contributed by atoms with Crippen molar-refractivity contribution in [3.8, 4) is 5.75 Å². The second-order valence-electron chi connectivity index (χ2n) is 3.70. The van der Waals surface area contributed by atoms with Crippen LogP contribution in [0.2, 0.25) is 0 Å². The molecule has 0 amide bonds. The summed E-state index contributed by atoms with van der Waals surface area (Å²) in [5.74, 6) is -0.840. The van der Waals surface area contributed by atoms with Gasteiger partial charge in [-0.25, -0.2) is 4.79 Å². The molecule has 0 saturated heterocycles. The van der Waals surface area contributed by atoms with E-state index in [9.17, 15) is 14.9 Å². The number of hydrogen-bond acceptors (Lipinski definition) is 5. The van der Waals surface area contributed by atoms with Crippen molar-refractivity contribution >= 4 is 17.3 Å². The van der Waals surface area contributed by atoms with Crippen molar-refractivity contribution in [1.29, 1.82) is 0 Å². The van der Waals surface area contributed by atoms with Crippen LogP contribution in [-0.4, -0.2) is 10.9 Å². The lowest BCUT2D eigenvalue weighted by molar-refractivity contribution is -0.385. The molecule has 6 heteroatoms. The third-order valence-electron chi connectivity index (χ3n) is 2.45. The molecule has 96 valence electrons. The number of anilines is 1. The van der Waals surface area contributed by atoms with Crippen molar-refractivity contribution < 1.29 is 14.5 Å². The molecule has 0 aromatic heterocycles. The minimum Gasteiger partial charge on any atom is -0.415 e. The molecule has 2 rings (SSSR count). The summed E-state index contributed by atoms with van der Waals surface area (Å²) < 4.78 is 5.01. The fourth-order valence-electron chi connectivity index (χ4n) is 1.53. The van der Waals surface area contributed by atoms with Crippen LogP contribution in [0.25, 0.3) is 0 Å². The molecule has 0 heterocycles. The second-order valence-corrected chi connectivity index (χ2v) is 3.70. The molecule has 0 aliphatic carbocycles. The number of rotatable bonds is 3. The fraction of sp³-hybridized carbons (Fsp3) is 0. The molecule has 2 N–H and O–H groups in total. The summed E-state index contributed by atoms with van der Waals surface area (Å²) in [4.78, 5) is 22.1. The number of carbonyl (C=O) groups is 1. The first-order valence-electron chi connectivity index (χ1n) is 5.39. The van der Waals surface area contributed by atoms with E-state index >= 15 is 0 Å². The Kier molecular flexibility index (Phi) is 3.42. The number of nitrogen functional groups attached to an aromatic ring is 1. The topological polar surface area (TPSA) is 95.5 Å². The number of esters is 1. The first-order chi connectivity index (χ1) is 9.09. The number of nitrogens with two attached hydrogens (primary N) is 1. The first-order valence-corrected chi connectivity index (χ1v) is 5.39. The number of ether oxygens (including phenoxy) is 1. The van der Waals surface area contributed by atoms with Gasteiger partial charge in [0, 0.05) is 11.8 Å². The fourth-order valence-corrected chi connectivity index (χ4v) is 1.53. The molecule has 2 aromatic carbocycles. The summed E-state index contributed by atoms with van der Waals surface area (Å²) in [6, 6.07) is 12.0. The Hall–Kier alpha value is -2.89. The highest BCUT2D eigenvalue weighted by molar-refractivity contribution is 5.96. The average Bonchev–Trinajstić information content (AvgIpc) is 2.39. The van der Waals surface area contributed by atoms with Gasteiger partial charge < -0.3 is 10.5 Å². The van der Waals surface area contributed by atoms with Crippen molar-refractivity contribution in [1.82, 2.24) is 0 Å². The van der Waals surface area contributed by atoms with Crippen LogP contribution in [0.15, 0.2) is 48.5 Å². The van der Waals surface area contributed by atoms with Gasteiger partial charge in [-0.3, -0.25) is 10.1 Å².